The molecule has 0 saturated heterocycles. The molecule has 7 nitrogen and oxygen atoms in total. The zero-order valence-electron chi connectivity index (χ0n) is 16.9. The maximum atomic E-state index is 12.1. The first-order chi connectivity index (χ1) is 14.7. The molecule has 162 valence electrons. The molecule has 0 aromatic heterocycles. The minimum Gasteiger partial charge on any atom is -0.484 e. The van der Waals surface area contributed by atoms with E-state index in [0.717, 1.165) is 22.6 Å². The topological polar surface area (TPSA) is 110 Å². The Labute approximate surface area is 180 Å². The molecular weight excluding hydrogens is 418 g/mol. The Morgan fingerprint density at radius 1 is 1.00 bits per heavy atom. The second-order valence-electron chi connectivity index (χ2n) is 7.26. The molecule has 1 atom stereocenters. The lowest BCUT2D eigenvalue weighted by atomic mass is 9.97. The summed E-state index contributed by atoms with van der Waals surface area (Å²) in [6, 6.07) is 19.3. The average Bonchev–Trinajstić information content (AvgIpc) is 2.74. The van der Waals surface area contributed by atoms with Crippen molar-refractivity contribution in [2.45, 2.75) is 11.3 Å². The Morgan fingerprint density at radius 3 is 2.32 bits per heavy atom. The van der Waals surface area contributed by atoms with Crippen molar-refractivity contribution in [1.82, 2.24) is 5.32 Å². The van der Waals surface area contributed by atoms with Crippen molar-refractivity contribution >= 4 is 32.5 Å². The fourth-order valence-electron chi connectivity index (χ4n) is 3.12. The largest absolute Gasteiger partial charge is 0.484 e. The smallest absolute Gasteiger partial charge is 0.308 e. The summed E-state index contributed by atoms with van der Waals surface area (Å²) in [5.74, 6) is -1.89. The molecule has 31 heavy (non-hydrogen) atoms. The number of benzene rings is 3. The summed E-state index contributed by atoms with van der Waals surface area (Å²) in [5.41, 5.74) is 0.877. The number of nitrogens with one attached hydrogen (secondary N) is 1. The molecule has 1 amide bonds. The van der Waals surface area contributed by atoms with E-state index in [1.165, 1.54) is 24.3 Å². The maximum Gasteiger partial charge on any atom is 0.308 e. The summed E-state index contributed by atoms with van der Waals surface area (Å²) in [6.45, 7) is -0.335. The number of carbonyl (C=O) groups excluding carboxylic acids is 1. The summed E-state index contributed by atoms with van der Waals surface area (Å²) in [5, 5.41) is 14.2. The highest BCUT2D eigenvalue weighted by atomic mass is 32.2. The highest BCUT2D eigenvalue weighted by Crippen LogP contribution is 2.18. The molecule has 0 spiro atoms. The molecule has 2 N–H and O–H groups in total. The van der Waals surface area contributed by atoms with Crippen molar-refractivity contribution in [2.75, 3.05) is 19.4 Å². The fourth-order valence-corrected chi connectivity index (χ4v) is 3.75. The van der Waals surface area contributed by atoms with Crippen LogP contribution in [0, 0.1) is 5.92 Å². The van der Waals surface area contributed by atoms with Gasteiger partial charge in [-0.05, 0) is 47.0 Å². The highest BCUT2D eigenvalue weighted by molar-refractivity contribution is 7.90. The van der Waals surface area contributed by atoms with Crippen LogP contribution < -0.4 is 10.1 Å². The lowest BCUT2D eigenvalue weighted by Gasteiger charge is -2.14. The van der Waals surface area contributed by atoms with E-state index in [4.69, 9.17) is 4.74 Å². The lowest BCUT2D eigenvalue weighted by Crippen LogP contribution is -2.36. The second kappa shape index (κ2) is 9.61. The van der Waals surface area contributed by atoms with Gasteiger partial charge in [0.25, 0.3) is 5.91 Å². The SMILES string of the molecule is CS(=O)(=O)c1ccc(OCC(=O)NCC(Cc2ccc3ccccc3c2)C(=O)O)cc1. The Bertz CT molecular complexity index is 1190. The van der Waals surface area contributed by atoms with E-state index < -0.39 is 27.6 Å². The number of aliphatic carboxylic acids is 1. The number of rotatable bonds is 9. The number of hydrogen-bond acceptors (Lipinski definition) is 5. The quantitative estimate of drug-likeness (QED) is 0.528. The van der Waals surface area contributed by atoms with Crippen LogP contribution in [0.25, 0.3) is 10.8 Å². The van der Waals surface area contributed by atoms with Crippen molar-refractivity contribution in [2.24, 2.45) is 5.92 Å². The van der Waals surface area contributed by atoms with Crippen molar-refractivity contribution in [1.29, 1.82) is 0 Å². The van der Waals surface area contributed by atoms with E-state index in [9.17, 15) is 23.1 Å². The van der Waals surface area contributed by atoms with Crippen LogP contribution in [0.15, 0.2) is 71.6 Å². The number of fused-ring (bicyclic) bond motifs is 1. The number of carboxylic acids is 1. The van der Waals surface area contributed by atoms with E-state index >= 15 is 0 Å². The fraction of sp³-hybridized carbons (Fsp3) is 0.217. The average molecular weight is 442 g/mol. The summed E-state index contributed by atoms with van der Waals surface area (Å²) in [4.78, 5) is 23.9. The molecule has 3 aromatic rings. The molecule has 0 saturated carbocycles. The van der Waals surface area contributed by atoms with Crippen LogP contribution in [0.1, 0.15) is 5.56 Å². The van der Waals surface area contributed by atoms with Gasteiger partial charge < -0.3 is 15.2 Å². The van der Waals surface area contributed by atoms with E-state index in [2.05, 4.69) is 5.32 Å². The third kappa shape index (κ3) is 6.29. The highest BCUT2D eigenvalue weighted by Gasteiger charge is 2.19. The van der Waals surface area contributed by atoms with Crippen LogP contribution >= 0.6 is 0 Å². The second-order valence-corrected chi connectivity index (χ2v) is 9.27. The Balaban J connectivity index is 1.53. The standard InChI is InChI=1S/C23H23NO6S/c1-31(28,29)21-10-8-20(9-11-21)30-15-22(25)24-14-19(23(26)27)13-16-6-7-17-4-2-3-5-18(17)12-16/h2-12,19H,13-15H2,1H3,(H,24,25)(H,26,27). The van der Waals surface area contributed by atoms with Gasteiger partial charge in [0.2, 0.25) is 0 Å². The number of hydrogen-bond donors (Lipinski definition) is 2. The van der Waals surface area contributed by atoms with Crippen LogP contribution in [0.5, 0.6) is 5.75 Å². The van der Waals surface area contributed by atoms with Crippen molar-refractivity contribution in [3.8, 4) is 5.75 Å². The van der Waals surface area contributed by atoms with E-state index in [1.807, 2.05) is 42.5 Å². The van der Waals surface area contributed by atoms with Crippen molar-refractivity contribution in [3.05, 3.63) is 72.3 Å². The number of carbonyl (C=O) groups is 2. The van der Waals surface area contributed by atoms with E-state index in [-0.39, 0.29) is 24.5 Å². The first kappa shape index (κ1) is 22.3. The molecule has 0 bridgehead atoms. The molecule has 0 fully saturated rings. The van der Waals surface area contributed by atoms with Gasteiger partial charge in [-0.1, -0.05) is 42.5 Å². The van der Waals surface area contributed by atoms with Crippen LogP contribution in [-0.4, -0.2) is 44.8 Å². The monoisotopic (exact) mass is 441 g/mol. The molecule has 1 unspecified atom stereocenters. The maximum absolute atomic E-state index is 12.1. The first-order valence-corrected chi connectivity index (χ1v) is 11.5. The molecule has 3 rings (SSSR count). The van der Waals surface area contributed by atoms with Gasteiger partial charge in [-0.2, -0.15) is 0 Å². The van der Waals surface area contributed by atoms with Gasteiger partial charge in [0.1, 0.15) is 5.75 Å². The molecule has 0 heterocycles. The van der Waals surface area contributed by atoms with Crippen LogP contribution in [0.2, 0.25) is 0 Å². The molecule has 8 heteroatoms. The third-order valence-electron chi connectivity index (χ3n) is 4.81. The van der Waals surface area contributed by atoms with E-state index in [0.29, 0.717) is 5.75 Å². The molecule has 3 aromatic carbocycles. The lowest BCUT2D eigenvalue weighted by molar-refractivity contribution is -0.141. The minimum absolute atomic E-state index is 0.0304. The van der Waals surface area contributed by atoms with Gasteiger partial charge in [0.05, 0.1) is 10.8 Å². The molecule has 0 aliphatic rings. The third-order valence-corrected chi connectivity index (χ3v) is 5.94. The number of carboxylic acid groups (broad SMARTS) is 1. The summed E-state index contributed by atoms with van der Waals surface area (Å²) in [6.07, 6.45) is 1.39. The molecule has 0 radical (unpaired) electrons. The predicted molar refractivity (Wildman–Crippen MR) is 117 cm³/mol. The Kier molecular flexibility index (Phi) is 6.91. The van der Waals surface area contributed by atoms with Crippen LogP contribution in [-0.2, 0) is 25.8 Å². The summed E-state index contributed by atoms with van der Waals surface area (Å²) in [7, 11) is -3.31. The molecule has 0 aliphatic heterocycles. The first-order valence-electron chi connectivity index (χ1n) is 9.62. The van der Waals surface area contributed by atoms with Gasteiger partial charge >= 0.3 is 5.97 Å². The Morgan fingerprint density at radius 2 is 1.68 bits per heavy atom. The molecule has 0 aliphatic carbocycles. The van der Waals surface area contributed by atoms with Gasteiger partial charge in [-0.25, -0.2) is 8.42 Å². The van der Waals surface area contributed by atoms with Gasteiger partial charge in [-0.15, -0.1) is 0 Å². The zero-order valence-corrected chi connectivity index (χ0v) is 17.8. The van der Waals surface area contributed by atoms with Gasteiger partial charge in [-0.3, -0.25) is 9.59 Å². The number of amides is 1. The predicted octanol–water partition coefficient (Wildman–Crippen LogP) is 2.68. The van der Waals surface area contributed by atoms with Crippen molar-refractivity contribution < 1.29 is 27.9 Å². The van der Waals surface area contributed by atoms with Gasteiger partial charge in [0.15, 0.2) is 16.4 Å². The normalized spacial score (nSPS) is 12.3. The summed E-state index contributed by atoms with van der Waals surface area (Å²) < 4.78 is 28.3. The van der Waals surface area contributed by atoms with Crippen molar-refractivity contribution in [3.63, 3.8) is 0 Å². The van der Waals surface area contributed by atoms with Crippen LogP contribution in [0.3, 0.4) is 0 Å². The minimum atomic E-state index is -3.31. The van der Waals surface area contributed by atoms with E-state index in [1.54, 1.807) is 0 Å². The zero-order chi connectivity index (χ0) is 22.4. The number of sulfone groups is 1. The molecular formula is C23H23NO6S. The summed E-state index contributed by atoms with van der Waals surface area (Å²) >= 11 is 0. The number of ether oxygens (including phenoxy) is 1. The Hall–Kier alpha value is -3.39. The van der Waals surface area contributed by atoms with Crippen LogP contribution in [0.4, 0.5) is 0 Å². The van der Waals surface area contributed by atoms with Gasteiger partial charge in [0, 0.05) is 12.8 Å².